The van der Waals surface area contributed by atoms with Crippen LogP contribution in [0.3, 0.4) is 0 Å². The minimum atomic E-state index is 0.203. The average molecular weight is 296 g/mol. The number of carbonyl (C=O) groups excluding carboxylic acids is 1. The van der Waals surface area contributed by atoms with E-state index in [0.29, 0.717) is 0 Å². The Morgan fingerprint density at radius 2 is 2.09 bits per heavy atom. The first-order chi connectivity index (χ1) is 10.8. The molecule has 0 atom stereocenters. The third-order valence-corrected chi connectivity index (χ3v) is 4.91. The van der Waals surface area contributed by atoms with Crippen molar-refractivity contribution in [3.05, 3.63) is 29.8 Å². The van der Waals surface area contributed by atoms with Crippen LogP contribution in [0.4, 0.5) is 5.82 Å². The van der Waals surface area contributed by atoms with Crippen molar-refractivity contribution in [2.45, 2.75) is 32.1 Å². The number of benzene rings is 1. The zero-order chi connectivity index (χ0) is 15.1. The summed E-state index contributed by atoms with van der Waals surface area (Å²) >= 11 is 0. The fourth-order valence-electron chi connectivity index (χ4n) is 3.67. The van der Waals surface area contributed by atoms with Gasteiger partial charge in [0.15, 0.2) is 0 Å². The first kappa shape index (κ1) is 13.6. The summed E-state index contributed by atoms with van der Waals surface area (Å²) in [5.41, 5.74) is 2.08. The number of anilines is 1. The van der Waals surface area contributed by atoms with E-state index in [-0.39, 0.29) is 11.8 Å². The number of hydrogen-bond acceptors (Lipinski definition) is 3. The van der Waals surface area contributed by atoms with E-state index in [1.165, 1.54) is 18.4 Å². The summed E-state index contributed by atoms with van der Waals surface area (Å²) in [5.74, 6) is 2.13. The van der Waals surface area contributed by atoms with E-state index in [1.54, 1.807) is 7.11 Å². The van der Waals surface area contributed by atoms with Crippen LogP contribution in [0.1, 0.15) is 31.2 Å². The third-order valence-electron chi connectivity index (χ3n) is 4.91. The van der Waals surface area contributed by atoms with Gasteiger partial charge in [-0.2, -0.15) is 0 Å². The van der Waals surface area contributed by atoms with E-state index in [0.717, 1.165) is 48.3 Å². The standard InChI is InChI=1S/C18H20N2O2/c1-22-15-7-6-13-10-14-8-9-20(17(14)19-16(13)11-15)18(21)12-4-2-3-5-12/h6-7,10-12H,2-5,8-9H2,1H3. The average Bonchev–Trinajstić information content (AvgIpc) is 3.21. The maximum absolute atomic E-state index is 12.7. The second-order valence-corrected chi connectivity index (χ2v) is 6.25. The number of hydrogen-bond donors (Lipinski definition) is 0. The zero-order valence-corrected chi connectivity index (χ0v) is 12.8. The summed E-state index contributed by atoms with van der Waals surface area (Å²) in [7, 11) is 1.66. The molecule has 4 heteroatoms. The molecule has 2 heterocycles. The molecule has 1 aromatic heterocycles. The fraction of sp³-hybridized carbons (Fsp3) is 0.444. The molecule has 22 heavy (non-hydrogen) atoms. The second kappa shape index (κ2) is 5.27. The number of carbonyl (C=O) groups is 1. The quantitative estimate of drug-likeness (QED) is 0.853. The monoisotopic (exact) mass is 296 g/mol. The first-order valence-electron chi connectivity index (χ1n) is 8.05. The van der Waals surface area contributed by atoms with Gasteiger partial charge < -0.3 is 4.74 Å². The number of ether oxygens (including phenoxy) is 1. The van der Waals surface area contributed by atoms with E-state index in [4.69, 9.17) is 9.72 Å². The molecule has 1 fully saturated rings. The van der Waals surface area contributed by atoms with Crippen molar-refractivity contribution in [2.24, 2.45) is 5.92 Å². The van der Waals surface area contributed by atoms with Crippen LogP contribution in [0.2, 0.25) is 0 Å². The molecule has 114 valence electrons. The van der Waals surface area contributed by atoms with Crippen molar-refractivity contribution in [1.29, 1.82) is 0 Å². The number of amides is 1. The Hall–Kier alpha value is -2.10. The van der Waals surface area contributed by atoms with Crippen LogP contribution in [0.15, 0.2) is 24.3 Å². The lowest BCUT2D eigenvalue weighted by atomic mass is 10.1. The Balaban J connectivity index is 1.73. The predicted octanol–water partition coefficient (Wildman–Crippen LogP) is 3.32. The highest BCUT2D eigenvalue weighted by atomic mass is 16.5. The number of rotatable bonds is 2. The van der Waals surface area contributed by atoms with E-state index >= 15 is 0 Å². The van der Waals surface area contributed by atoms with Crippen molar-refractivity contribution in [3.63, 3.8) is 0 Å². The van der Waals surface area contributed by atoms with Crippen LogP contribution in [-0.2, 0) is 11.2 Å². The summed E-state index contributed by atoms with van der Waals surface area (Å²) in [6, 6.07) is 8.08. The Kier molecular flexibility index (Phi) is 3.25. The smallest absolute Gasteiger partial charge is 0.231 e. The van der Waals surface area contributed by atoms with Gasteiger partial charge in [-0.3, -0.25) is 9.69 Å². The van der Waals surface area contributed by atoms with Crippen molar-refractivity contribution in [2.75, 3.05) is 18.6 Å². The largest absolute Gasteiger partial charge is 0.497 e. The Morgan fingerprint density at radius 1 is 1.27 bits per heavy atom. The Labute approximate surface area is 130 Å². The van der Waals surface area contributed by atoms with Crippen molar-refractivity contribution in [1.82, 2.24) is 4.98 Å². The number of pyridine rings is 1. The van der Waals surface area contributed by atoms with Gasteiger partial charge in [0.05, 0.1) is 12.6 Å². The van der Waals surface area contributed by atoms with Gasteiger partial charge >= 0.3 is 0 Å². The molecular weight excluding hydrogens is 276 g/mol. The number of fused-ring (bicyclic) bond motifs is 2. The molecule has 0 radical (unpaired) electrons. The molecule has 0 spiro atoms. The molecule has 0 bridgehead atoms. The van der Waals surface area contributed by atoms with Gasteiger partial charge in [-0.25, -0.2) is 4.98 Å². The molecule has 1 saturated carbocycles. The molecule has 2 aliphatic rings. The van der Waals surface area contributed by atoms with Gasteiger partial charge in [0.2, 0.25) is 5.91 Å². The third kappa shape index (κ3) is 2.14. The van der Waals surface area contributed by atoms with Crippen molar-refractivity contribution < 1.29 is 9.53 Å². The van der Waals surface area contributed by atoms with Crippen molar-refractivity contribution in [3.8, 4) is 5.75 Å². The maximum atomic E-state index is 12.7. The minimum Gasteiger partial charge on any atom is -0.497 e. The van der Waals surface area contributed by atoms with Gasteiger partial charge in [0.25, 0.3) is 0 Å². The van der Waals surface area contributed by atoms with Gasteiger partial charge in [-0.1, -0.05) is 12.8 Å². The molecule has 0 unspecified atom stereocenters. The lowest BCUT2D eigenvalue weighted by Gasteiger charge is -2.20. The summed E-state index contributed by atoms with van der Waals surface area (Å²) in [4.78, 5) is 19.4. The molecule has 0 N–H and O–H groups in total. The van der Waals surface area contributed by atoms with Crippen LogP contribution in [-0.4, -0.2) is 24.5 Å². The van der Waals surface area contributed by atoms with Gasteiger partial charge in [-0.05, 0) is 43.0 Å². The Morgan fingerprint density at radius 3 is 2.86 bits per heavy atom. The molecule has 0 saturated heterocycles. The predicted molar refractivity (Wildman–Crippen MR) is 86.3 cm³/mol. The van der Waals surface area contributed by atoms with E-state index in [9.17, 15) is 4.79 Å². The van der Waals surface area contributed by atoms with Crippen LogP contribution in [0.5, 0.6) is 5.75 Å². The van der Waals surface area contributed by atoms with E-state index in [2.05, 4.69) is 6.07 Å². The molecule has 1 aromatic carbocycles. The maximum Gasteiger partial charge on any atom is 0.231 e. The molecular formula is C18H20N2O2. The summed E-state index contributed by atoms with van der Waals surface area (Å²) in [6.45, 7) is 0.769. The van der Waals surface area contributed by atoms with Crippen LogP contribution >= 0.6 is 0 Å². The Bertz CT molecular complexity index is 735. The van der Waals surface area contributed by atoms with E-state index in [1.807, 2.05) is 23.1 Å². The highest BCUT2D eigenvalue weighted by Crippen LogP contribution is 2.34. The fourth-order valence-corrected chi connectivity index (χ4v) is 3.67. The number of methoxy groups -OCH3 is 1. The van der Waals surface area contributed by atoms with Crippen molar-refractivity contribution >= 4 is 22.6 Å². The van der Waals surface area contributed by atoms with Crippen LogP contribution in [0, 0.1) is 5.92 Å². The molecule has 1 amide bonds. The van der Waals surface area contributed by atoms with Gasteiger partial charge in [0, 0.05) is 23.9 Å². The first-order valence-corrected chi connectivity index (χ1v) is 8.05. The lowest BCUT2D eigenvalue weighted by molar-refractivity contribution is -0.122. The SMILES string of the molecule is COc1ccc2cc3c(nc2c1)N(C(=O)C1CCCC1)CC3. The molecule has 2 aromatic rings. The molecule has 1 aliphatic carbocycles. The second-order valence-electron chi connectivity index (χ2n) is 6.25. The molecule has 4 nitrogen and oxygen atoms in total. The molecule has 1 aliphatic heterocycles. The normalized spacial score (nSPS) is 18.0. The highest BCUT2D eigenvalue weighted by molar-refractivity contribution is 5.97. The lowest BCUT2D eigenvalue weighted by Crippen LogP contribution is -2.34. The highest BCUT2D eigenvalue weighted by Gasteiger charge is 2.32. The van der Waals surface area contributed by atoms with Crippen LogP contribution in [0.25, 0.3) is 10.9 Å². The van der Waals surface area contributed by atoms with Gasteiger partial charge in [0.1, 0.15) is 11.6 Å². The minimum absolute atomic E-state index is 0.203. The summed E-state index contributed by atoms with van der Waals surface area (Å²) < 4.78 is 5.28. The van der Waals surface area contributed by atoms with Crippen LogP contribution < -0.4 is 9.64 Å². The van der Waals surface area contributed by atoms with Gasteiger partial charge in [-0.15, -0.1) is 0 Å². The summed E-state index contributed by atoms with van der Waals surface area (Å²) in [5, 5.41) is 1.11. The molecule has 4 rings (SSSR count). The number of nitrogens with zero attached hydrogens (tertiary/aromatic N) is 2. The summed E-state index contributed by atoms with van der Waals surface area (Å²) in [6.07, 6.45) is 5.33. The zero-order valence-electron chi connectivity index (χ0n) is 12.8. The number of aromatic nitrogens is 1. The topological polar surface area (TPSA) is 42.4 Å². The van der Waals surface area contributed by atoms with E-state index < -0.39 is 0 Å².